The lowest BCUT2D eigenvalue weighted by Gasteiger charge is -2.29. The van der Waals surface area contributed by atoms with Crippen molar-refractivity contribution in [2.75, 3.05) is 6.54 Å². The predicted molar refractivity (Wildman–Crippen MR) is 82.8 cm³/mol. The number of aromatic nitrogens is 3. The third-order valence-electron chi connectivity index (χ3n) is 3.85. The van der Waals surface area contributed by atoms with E-state index in [1.807, 2.05) is 18.6 Å². The predicted octanol–water partition coefficient (Wildman–Crippen LogP) is 2.73. The molecule has 21 heavy (non-hydrogen) atoms. The second kappa shape index (κ2) is 5.53. The zero-order valence-corrected chi connectivity index (χ0v) is 13.0. The molecule has 0 aromatic carbocycles. The summed E-state index contributed by atoms with van der Waals surface area (Å²) in [5.74, 6) is 0.937. The second-order valence-corrected chi connectivity index (χ2v) is 6.73. The topological polar surface area (TPSA) is 41.9 Å². The highest BCUT2D eigenvalue weighted by atomic mass is 15.1. The lowest BCUT2D eigenvalue weighted by atomic mass is 9.95. The molecule has 110 valence electrons. The Morgan fingerprint density at radius 2 is 1.95 bits per heavy atom. The molecule has 0 fully saturated rings. The normalized spacial score (nSPS) is 15.8. The van der Waals surface area contributed by atoms with Gasteiger partial charge in [0.05, 0.1) is 5.69 Å². The number of hydrogen-bond donors (Lipinski definition) is 0. The summed E-state index contributed by atoms with van der Waals surface area (Å²) in [7, 11) is 0. The van der Waals surface area contributed by atoms with Gasteiger partial charge in [0.1, 0.15) is 5.82 Å². The van der Waals surface area contributed by atoms with E-state index >= 15 is 0 Å². The van der Waals surface area contributed by atoms with Crippen LogP contribution in [0.1, 0.15) is 43.4 Å². The molecule has 0 N–H and O–H groups in total. The number of nitrogens with zero attached hydrogens (tertiary/aromatic N) is 4. The fourth-order valence-electron chi connectivity index (χ4n) is 2.60. The highest BCUT2D eigenvalue weighted by Crippen LogP contribution is 2.23. The fraction of sp³-hybridized carbons (Fsp3) is 0.471. The van der Waals surface area contributed by atoms with Crippen LogP contribution in [0.25, 0.3) is 0 Å². The van der Waals surface area contributed by atoms with E-state index in [1.54, 1.807) is 0 Å². The quantitative estimate of drug-likeness (QED) is 0.849. The first-order valence-electron chi connectivity index (χ1n) is 7.49. The van der Waals surface area contributed by atoms with E-state index in [2.05, 4.69) is 47.8 Å². The van der Waals surface area contributed by atoms with Crippen molar-refractivity contribution >= 4 is 0 Å². The zero-order chi connectivity index (χ0) is 14.9. The van der Waals surface area contributed by atoms with E-state index in [-0.39, 0.29) is 5.41 Å². The Hall–Kier alpha value is -1.81. The van der Waals surface area contributed by atoms with Gasteiger partial charge in [0.15, 0.2) is 0 Å². The van der Waals surface area contributed by atoms with E-state index in [9.17, 15) is 0 Å². The van der Waals surface area contributed by atoms with Gasteiger partial charge in [-0.15, -0.1) is 0 Å². The second-order valence-electron chi connectivity index (χ2n) is 6.73. The molecule has 0 bridgehead atoms. The lowest BCUT2D eigenvalue weighted by molar-refractivity contribution is 0.240. The van der Waals surface area contributed by atoms with Crippen molar-refractivity contribution in [2.45, 2.75) is 45.7 Å². The maximum atomic E-state index is 4.81. The Bertz CT molecular complexity index is 616. The molecule has 4 heteroatoms. The average molecular weight is 282 g/mol. The first-order chi connectivity index (χ1) is 10.0. The Morgan fingerprint density at radius 1 is 1.19 bits per heavy atom. The molecule has 0 atom stereocenters. The summed E-state index contributed by atoms with van der Waals surface area (Å²) in [5, 5.41) is 0. The number of rotatable bonds is 2. The molecular weight excluding hydrogens is 260 g/mol. The fourth-order valence-corrected chi connectivity index (χ4v) is 2.60. The molecule has 3 rings (SSSR count). The van der Waals surface area contributed by atoms with Gasteiger partial charge in [0.2, 0.25) is 0 Å². The van der Waals surface area contributed by atoms with Gasteiger partial charge in [-0.05, 0) is 29.7 Å². The summed E-state index contributed by atoms with van der Waals surface area (Å²) in [6.45, 7) is 9.40. The van der Waals surface area contributed by atoms with Crippen molar-refractivity contribution in [3.05, 3.63) is 53.4 Å². The van der Waals surface area contributed by atoms with Crippen LogP contribution in [-0.4, -0.2) is 26.4 Å². The summed E-state index contributed by atoms with van der Waals surface area (Å²) in [4.78, 5) is 15.9. The molecule has 2 aromatic rings. The van der Waals surface area contributed by atoms with Crippen LogP contribution < -0.4 is 0 Å². The number of fused-ring (bicyclic) bond motifs is 1. The highest BCUT2D eigenvalue weighted by Gasteiger charge is 2.22. The smallest absolute Gasteiger partial charge is 0.133 e. The molecule has 1 aliphatic heterocycles. The summed E-state index contributed by atoms with van der Waals surface area (Å²) >= 11 is 0. The minimum atomic E-state index is 0.00239. The van der Waals surface area contributed by atoms with Crippen molar-refractivity contribution in [3.8, 4) is 0 Å². The third kappa shape index (κ3) is 3.27. The SMILES string of the molecule is CC(C)(C)c1ncc2c(n1)CN(Cc1ccncc1)CC2. The van der Waals surface area contributed by atoms with Crippen molar-refractivity contribution in [3.63, 3.8) is 0 Å². The van der Waals surface area contributed by atoms with Crippen LogP contribution in [0.15, 0.2) is 30.7 Å². The molecular formula is C17H22N4. The number of pyridine rings is 1. The third-order valence-corrected chi connectivity index (χ3v) is 3.85. The van der Waals surface area contributed by atoms with Crippen molar-refractivity contribution < 1.29 is 0 Å². The molecule has 2 aromatic heterocycles. The van der Waals surface area contributed by atoms with Crippen LogP contribution in [0.4, 0.5) is 0 Å². The zero-order valence-electron chi connectivity index (χ0n) is 13.0. The Morgan fingerprint density at radius 3 is 2.67 bits per heavy atom. The molecule has 0 unspecified atom stereocenters. The van der Waals surface area contributed by atoms with E-state index in [1.165, 1.54) is 16.8 Å². The van der Waals surface area contributed by atoms with Crippen molar-refractivity contribution in [1.82, 2.24) is 19.9 Å². The Balaban J connectivity index is 1.78. The summed E-state index contributed by atoms with van der Waals surface area (Å²) in [6.07, 6.45) is 6.76. The van der Waals surface area contributed by atoms with Crippen molar-refractivity contribution in [2.24, 2.45) is 0 Å². The monoisotopic (exact) mass is 282 g/mol. The highest BCUT2D eigenvalue weighted by molar-refractivity contribution is 5.23. The standard InChI is InChI=1S/C17H22N4/c1-17(2,3)16-19-10-14-6-9-21(12-15(14)20-16)11-13-4-7-18-8-5-13/h4-5,7-8,10H,6,9,11-12H2,1-3H3. The van der Waals surface area contributed by atoms with Crippen molar-refractivity contribution in [1.29, 1.82) is 0 Å². The Labute approximate surface area is 126 Å². The van der Waals surface area contributed by atoms with Gasteiger partial charge < -0.3 is 0 Å². The summed E-state index contributed by atoms with van der Waals surface area (Å²) in [6, 6.07) is 4.16. The molecule has 0 spiro atoms. The van der Waals surface area contributed by atoms with Gasteiger partial charge in [-0.3, -0.25) is 9.88 Å². The first-order valence-corrected chi connectivity index (χ1v) is 7.49. The molecule has 0 aliphatic carbocycles. The first kappa shape index (κ1) is 14.1. The van der Waals surface area contributed by atoms with Crippen LogP contribution in [0.3, 0.4) is 0 Å². The van der Waals surface area contributed by atoms with Gasteiger partial charge in [-0.25, -0.2) is 9.97 Å². The van der Waals surface area contributed by atoms with E-state index < -0.39 is 0 Å². The van der Waals surface area contributed by atoms with Crippen LogP contribution in [0.5, 0.6) is 0 Å². The maximum Gasteiger partial charge on any atom is 0.133 e. The molecule has 3 heterocycles. The Kier molecular flexibility index (Phi) is 3.72. The lowest BCUT2D eigenvalue weighted by Crippen LogP contribution is -2.32. The van der Waals surface area contributed by atoms with Gasteiger partial charge in [0.25, 0.3) is 0 Å². The summed E-state index contributed by atoms with van der Waals surface area (Å²) < 4.78 is 0. The largest absolute Gasteiger partial charge is 0.293 e. The van der Waals surface area contributed by atoms with E-state index in [0.717, 1.165) is 31.9 Å². The van der Waals surface area contributed by atoms with Crippen LogP contribution in [0.2, 0.25) is 0 Å². The van der Waals surface area contributed by atoms with Gasteiger partial charge >= 0.3 is 0 Å². The average Bonchev–Trinajstić information content (AvgIpc) is 2.46. The summed E-state index contributed by atoms with van der Waals surface area (Å²) in [5.41, 5.74) is 3.80. The van der Waals surface area contributed by atoms with Gasteiger partial charge in [-0.2, -0.15) is 0 Å². The molecule has 0 saturated carbocycles. The van der Waals surface area contributed by atoms with Crippen LogP contribution in [0, 0.1) is 0 Å². The molecule has 4 nitrogen and oxygen atoms in total. The molecule has 0 radical (unpaired) electrons. The maximum absolute atomic E-state index is 4.81. The van der Waals surface area contributed by atoms with Crippen LogP contribution in [-0.2, 0) is 24.9 Å². The minimum absolute atomic E-state index is 0.00239. The number of hydrogen-bond acceptors (Lipinski definition) is 4. The van der Waals surface area contributed by atoms with Crippen LogP contribution >= 0.6 is 0 Å². The minimum Gasteiger partial charge on any atom is -0.293 e. The van der Waals surface area contributed by atoms with E-state index in [0.29, 0.717) is 0 Å². The molecule has 0 saturated heterocycles. The van der Waals surface area contributed by atoms with Gasteiger partial charge in [-0.1, -0.05) is 20.8 Å². The molecule has 1 aliphatic rings. The van der Waals surface area contributed by atoms with E-state index in [4.69, 9.17) is 4.98 Å². The van der Waals surface area contributed by atoms with Gasteiger partial charge in [0, 0.05) is 43.6 Å². The molecule has 0 amide bonds.